The van der Waals surface area contributed by atoms with E-state index in [2.05, 4.69) is 5.16 Å². The molecule has 2 aromatic rings. The predicted octanol–water partition coefficient (Wildman–Crippen LogP) is 2.76. The van der Waals surface area contributed by atoms with Crippen LogP contribution in [0.1, 0.15) is 17.0 Å². The minimum absolute atomic E-state index is 0.369. The third-order valence-electron chi connectivity index (χ3n) is 4.16. The van der Waals surface area contributed by atoms with Crippen molar-refractivity contribution in [2.24, 2.45) is 5.16 Å². The summed E-state index contributed by atoms with van der Waals surface area (Å²) in [6.07, 6.45) is -0.824. The summed E-state index contributed by atoms with van der Waals surface area (Å²) in [6.45, 7) is 0. The number of methoxy groups -OCH3 is 3. The van der Waals surface area contributed by atoms with Crippen LogP contribution in [0.4, 0.5) is 0 Å². The summed E-state index contributed by atoms with van der Waals surface area (Å²) in [5, 5.41) is 4.16. The molecule has 2 unspecified atom stereocenters. The first kappa shape index (κ1) is 16.8. The third kappa shape index (κ3) is 3.28. The summed E-state index contributed by atoms with van der Waals surface area (Å²) >= 11 is 0. The Kier molecular flexibility index (Phi) is 4.88. The van der Waals surface area contributed by atoms with Crippen molar-refractivity contribution in [3.8, 4) is 11.5 Å². The van der Waals surface area contributed by atoms with E-state index in [4.69, 9.17) is 19.0 Å². The molecule has 6 heteroatoms. The molecule has 1 heterocycles. The lowest BCUT2D eigenvalue weighted by atomic mass is 9.86. The van der Waals surface area contributed by atoms with Crippen LogP contribution in [-0.2, 0) is 14.4 Å². The van der Waals surface area contributed by atoms with E-state index in [1.165, 1.54) is 7.11 Å². The molecule has 0 N–H and O–H groups in total. The highest BCUT2D eigenvalue weighted by Crippen LogP contribution is 2.34. The van der Waals surface area contributed by atoms with Crippen molar-refractivity contribution in [2.75, 3.05) is 21.3 Å². The zero-order valence-electron chi connectivity index (χ0n) is 14.3. The smallest absolute Gasteiger partial charge is 0.351 e. The molecule has 2 atom stereocenters. The summed E-state index contributed by atoms with van der Waals surface area (Å²) in [4.78, 5) is 17.5. The van der Waals surface area contributed by atoms with E-state index in [0.717, 1.165) is 22.6 Å². The fourth-order valence-electron chi connectivity index (χ4n) is 2.81. The Morgan fingerprint density at radius 2 is 1.48 bits per heavy atom. The second kappa shape index (κ2) is 7.25. The monoisotopic (exact) mass is 341 g/mol. The van der Waals surface area contributed by atoms with Gasteiger partial charge in [-0.15, -0.1) is 0 Å². The molecule has 0 amide bonds. The maximum Gasteiger partial charge on any atom is 0.351 e. The summed E-state index contributed by atoms with van der Waals surface area (Å²) in [6, 6.07) is 14.9. The third-order valence-corrected chi connectivity index (χ3v) is 4.16. The van der Waals surface area contributed by atoms with Crippen molar-refractivity contribution < 1.29 is 23.8 Å². The Morgan fingerprint density at radius 3 is 2.00 bits per heavy atom. The van der Waals surface area contributed by atoms with Gasteiger partial charge in [-0.25, -0.2) is 4.79 Å². The Balaban J connectivity index is 1.98. The highest BCUT2D eigenvalue weighted by atomic mass is 16.7. The van der Waals surface area contributed by atoms with Crippen LogP contribution in [0, 0.1) is 0 Å². The quantitative estimate of drug-likeness (QED) is 0.783. The van der Waals surface area contributed by atoms with Gasteiger partial charge in [-0.1, -0.05) is 17.3 Å². The Morgan fingerprint density at radius 1 is 0.920 bits per heavy atom. The van der Waals surface area contributed by atoms with Crippen molar-refractivity contribution in [2.45, 2.75) is 12.0 Å². The van der Waals surface area contributed by atoms with E-state index in [0.29, 0.717) is 5.71 Å². The molecule has 0 radical (unpaired) electrons. The van der Waals surface area contributed by atoms with Gasteiger partial charge < -0.3 is 19.0 Å². The number of hydrogen-bond donors (Lipinski definition) is 0. The van der Waals surface area contributed by atoms with Gasteiger partial charge in [0.15, 0.2) is 0 Å². The maximum absolute atomic E-state index is 12.1. The van der Waals surface area contributed by atoms with Gasteiger partial charge in [0.05, 0.1) is 33.0 Å². The van der Waals surface area contributed by atoms with Crippen LogP contribution < -0.4 is 9.47 Å². The molecule has 1 aliphatic heterocycles. The molecule has 1 aliphatic rings. The first-order chi connectivity index (χ1) is 12.2. The normalized spacial score (nSPS) is 18.9. The molecule has 2 aromatic carbocycles. The Bertz CT molecular complexity index is 767. The van der Waals surface area contributed by atoms with E-state index in [-0.39, 0.29) is 5.92 Å². The largest absolute Gasteiger partial charge is 0.497 e. The number of oxime groups is 1. The van der Waals surface area contributed by atoms with E-state index < -0.39 is 12.1 Å². The topological polar surface area (TPSA) is 66.4 Å². The number of benzene rings is 2. The van der Waals surface area contributed by atoms with Gasteiger partial charge in [0, 0.05) is 5.56 Å². The highest BCUT2D eigenvalue weighted by molar-refractivity contribution is 6.08. The fraction of sp³-hybridized carbons (Fsp3) is 0.263. The van der Waals surface area contributed by atoms with Crippen LogP contribution in [0.5, 0.6) is 11.5 Å². The minimum atomic E-state index is -0.824. The molecule has 0 fully saturated rings. The lowest BCUT2D eigenvalue weighted by Crippen LogP contribution is -2.30. The van der Waals surface area contributed by atoms with Crippen LogP contribution >= 0.6 is 0 Å². The van der Waals surface area contributed by atoms with Gasteiger partial charge in [-0.05, 0) is 42.0 Å². The fourth-order valence-corrected chi connectivity index (χ4v) is 2.81. The molecular formula is C19H19NO5. The first-order valence-electron chi connectivity index (χ1n) is 7.78. The van der Waals surface area contributed by atoms with Gasteiger partial charge in [-0.3, -0.25) is 0 Å². The molecule has 6 nitrogen and oxygen atoms in total. The summed E-state index contributed by atoms with van der Waals surface area (Å²) in [5.74, 6) is 0.647. The summed E-state index contributed by atoms with van der Waals surface area (Å²) < 4.78 is 15.3. The molecule has 0 saturated carbocycles. The molecule has 0 aromatic heterocycles. The first-order valence-corrected chi connectivity index (χ1v) is 7.78. The Hall–Kier alpha value is -3.02. The van der Waals surface area contributed by atoms with E-state index in [9.17, 15) is 4.79 Å². The SMILES string of the molecule is COC(=O)C1ON=C(c2ccc(OC)cc2)C1c1ccc(OC)cc1. The van der Waals surface area contributed by atoms with E-state index >= 15 is 0 Å². The molecule has 0 aliphatic carbocycles. The van der Waals surface area contributed by atoms with Crippen LogP contribution in [0.25, 0.3) is 0 Å². The highest BCUT2D eigenvalue weighted by Gasteiger charge is 2.42. The van der Waals surface area contributed by atoms with Gasteiger partial charge in [-0.2, -0.15) is 0 Å². The van der Waals surface area contributed by atoms with Crippen molar-refractivity contribution in [1.82, 2.24) is 0 Å². The van der Waals surface area contributed by atoms with E-state index in [1.807, 2.05) is 48.5 Å². The van der Waals surface area contributed by atoms with Crippen LogP contribution in [0.15, 0.2) is 53.7 Å². The summed E-state index contributed by atoms with van der Waals surface area (Å²) in [5.41, 5.74) is 2.42. The number of esters is 1. The average Bonchev–Trinajstić information content (AvgIpc) is 3.12. The maximum atomic E-state index is 12.1. The number of rotatable bonds is 5. The van der Waals surface area contributed by atoms with Crippen LogP contribution in [0.3, 0.4) is 0 Å². The molecular weight excluding hydrogens is 322 g/mol. The molecule has 0 spiro atoms. The zero-order valence-corrected chi connectivity index (χ0v) is 14.3. The van der Waals surface area contributed by atoms with E-state index in [1.54, 1.807) is 14.2 Å². The van der Waals surface area contributed by atoms with Gasteiger partial charge in [0.2, 0.25) is 6.10 Å². The number of nitrogens with zero attached hydrogens (tertiary/aromatic N) is 1. The van der Waals surface area contributed by atoms with Crippen molar-refractivity contribution in [3.05, 3.63) is 59.7 Å². The zero-order chi connectivity index (χ0) is 17.8. The van der Waals surface area contributed by atoms with Crippen molar-refractivity contribution in [3.63, 3.8) is 0 Å². The summed E-state index contributed by atoms with van der Waals surface area (Å²) in [7, 11) is 4.55. The molecule has 130 valence electrons. The predicted molar refractivity (Wildman–Crippen MR) is 92.2 cm³/mol. The number of carbonyl (C=O) groups excluding carboxylic acids is 1. The Labute approximate surface area is 146 Å². The standard InChI is InChI=1S/C19H19NO5/c1-22-14-8-4-12(5-9-14)16-17(20-25-18(16)19(21)24-3)13-6-10-15(23-2)11-7-13/h4-11,16,18H,1-3H3. The van der Waals surface area contributed by atoms with Gasteiger partial charge >= 0.3 is 5.97 Å². The van der Waals surface area contributed by atoms with Crippen LogP contribution in [0.2, 0.25) is 0 Å². The number of hydrogen-bond acceptors (Lipinski definition) is 6. The minimum Gasteiger partial charge on any atom is -0.497 e. The second-order valence-corrected chi connectivity index (χ2v) is 5.51. The molecule has 25 heavy (non-hydrogen) atoms. The van der Waals surface area contributed by atoms with Crippen molar-refractivity contribution >= 4 is 11.7 Å². The molecule has 3 rings (SSSR count). The number of ether oxygens (including phenoxy) is 3. The average molecular weight is 341 g/mol. The van der Waals surface area contributed by atoms with Gasteiger partial charge in [0.25, 0.3) is 0 Å². The second-order valence-electron chi connectivity index (χ2n) is 5.51. The lowest BCUT2D eigenvalue weighted by Gasteiger charge is -2.18. The van der Waals surface area contributed by atoms with Gasteiger partial charge in [0.1, 0.15) is 11.5 Å². The van der Waals surface area contributed by atoms with Crippen molar-refractivity contribution in [1.29, 1.82) is 0 Å². The van der Waals surface area contributed by atoms with Crippen LogP contribution in [-0.4, -0.2) is 39.1 Å². The molecule has 0 saturated heterocycles. The lowest BCUT2D eigenvalue weighted by molar-refractivity contribution is -0.153. The number of carbonyl (C=O) groups is 1. The molecule has 0 bridgehead atoms.